The van der Waals surface area contributed by atoms with E-state index in [1.807, 2.05) is 0 Å². The number of alkyl halides is 6. The predicted molar refractivity (Wildman–Crippen MR) is 102 cm³/mol. The van der Waals surface area contributed by atoms with Gasteiger partial charge in [0.25, 0.3) is 0 Å². The maximum Gasteiger partial charge on any atom is 0.416 e. The number of para-hydroxylation sites is 1. The number of urea groups is 1. The van der Waals surface area contributed by atoms with Gasteiger partial charge in [-0.25, -0.2) is 4.79 Å². The molecule has 2 aromatic carbocycles. The summed E-state index contributed by atoms with van der Waals surface area (Å²) in [5.74, 6) is 0.0586. The van der Waals surface area contributed by atoms with Crippen molar-refractivity contribution in [3.05, 3.63) is 65.7 Å². The first-order valence-corrected chi connectivity index (χ1v) is 9.57. The normalized spacial score (nSPS) is 17.0. The van der Waals surface area contributed by atoms with Crippen LogP contribution >= 0.6 is 11.8 Å². The summed E-state index contributed by atoms with van der Waals surface area (Å²) in [5.41, 5.74) is -0.0108. The topological polar surface area (TPSA) is 35.9 Å². The summed E-state index contributed by atoms with van der Waals surface area (Å²) in [7, 11) is 0. The van der Waals surface area contributed by atoms with Crippen molar-refractivity contribution >= 4 is 28.6 Å². The molecule has 3 rings (SSSR count). The highest BCUT2D eigenvalue weighted by Crippen LogP contribution is 2.31. The van der Waals surface area contributed by atoms with Gasteiger partial charge >= 0.3 is 18.4 Å². The summed E-state index contributed by atoms with van der Waals surface area (Å²) in [4.78, 5) is 18.5. The Hall–Kier alpha value is -2.69. The van der Waals surface area contributed by atoms with Crippen LogP contribution in [-0.2, 0) is 12.7 Å². The highest BCUT2D eigenvalue weighted by molar-refractivity contribution is 8.14. The summed E-state index contributed by atoms with van der Waals surface area (Å²) in [5, 5.41) is -0.135. The predicted octanol–water partition coefficient (Wildman–Crippen LogP) is 5.76. The zero-order valence-electron chi connectivity index (χ0n) is 15.2. The zero-order valence-corrected chi connectivity index (χ0v) is 16.1. The van der Waals surface area contributed by atoms with Crippen LogP contribution in [0.4, 0.5) is 36.8 Å². The second-order valence-electron chi connectivity index (χ2n) is 6.31. The van der Waals surface area contributed by atoms with Crippen molar-refractivity contribution in [1.29, 1.82) is 0 Å². The number of hydrogen-bond donors (Lipinski definition) is 0. The third-order valence-electron chi connectivity index (χ3n) is 4.10. The molecule has 2 amide bonds. The SMILES string of the molecule is O=C1N(CC(F)(F)F)C(=NCc2ccc(C(F)(F)F)cc2)SCN1c1ccccc1. The highest BCUT2D eigenvalue weighted by Gasteiger charge is 2.40. The van der Waals surface area contributed by atoms with Crippen LogP contribution in [0.25, 0.3) is 0 Å². The van der Waals surface area contributed by atoms with E-state index in [0.29, 0.717) is 16.2 Å². The minimum Gasteiger partial charge on any atom is -0.284 e. The fourth-order valence-corrected chi connectivity index (χ4v) is 3.64. The molecular weight excluding hydrogens is 432 g/mol. The van der Waals surface area contributed by atoms with E-state index in [4.69, 9.17) is 0 Å². The van der Waals surface area contributed by atoms with Crippen LogP contribution < -0.4 is 4.90 Å². The molecular formula is C19H15F6N3OS. The Balaban J connectivity index is 1.81. The van der Waals surface area contributed by atoms with E-state index < -0.39 is 30.5 Å². The summed E-state index contributed by atoms with van der Waals surface area (Å²) in [6.45, 7) is -1.68. The van der Waals surface area contributed by atoms with Crippen LogP contribution in [0.3, 0.4) is 0 Å². The molecule has 11 heteroatoms. The van der Waals surface area contributed by atoms with Gasteiger partial charge in [-0.3, -0.25) is 14.8 Å². The standard InChI is InChI=1S/C19H15F6N3OS/c20-18(21,22)11-27-16(26-10-13-6-8-14(9-7-13)19(23,24)25)30-12-28(17(27)29)15-4-2-1-3-5-15/h1-9H,10-12H2. The third kappa shape index (κ3) is 5.47. The number of benzene rings is 2. The number of thioether (sulfide) groups is 1. The smallest absolute Gasteiger partial charge is 0.284 e. The molecule has 0 spiro atoms. The highest BCUT2D eigenvalue weighted by atomic mass is 32.2. The summed E-state index contributed by atoms with van der Waals surface area (Å²) in [6, 6.07) is 11.5. The van der Waals surface area contributed by atoms with Gasteiger partial charge in [0.1, 0.15) is 6.54 Å². The molecule has 0 atom stereocenters. The Kier molecular flexibility index (Phi) is 6.30. The molecule has 1 heterocycles. The van der Waals surface area contributed by atoms with Gasteiger partial charge in [0.05, 0.1) is 18.0 Å². The fraction of sp³-hybridized carbons (Fsp3) is 0.263. The number of amidine groups is 1. The number of rotatable bonds is 4. The van der Waals surface area contributed by atoms with E-state index in [9.17, 15) is 31.1 Å². The number of hydrogen-bond acceptors (Lipinski definition) is 3. The van der Waals surface area contributed by atoms with Gasteiger partial charge in [0, 0.05) is 5.69 Å². The summed E-state index contributed by atoms with van der Waals surface area (Å²) in [6.07, 6.45) is -9.13. The number of amides is 2. The van der Waals surface area contributed by atoms with Crippen molar-refractivity contribution in [2.75, 3.05) is 17.3 Å². The van der Waals surface area contributed by atoms with Gasteiger partial charge in [0.15, 0.2) is 5.17 Å². The van der Waals surface area contributed by atoms with Crippen molar-refractivity contribution in [3.8, 4) is 0 Å². The molecule has 0 aliphatic carbocycles. The lowest BCUT2D eigenvalue weighted by molar-refractivity contribution is -0.137. The second-order valence-corrected chi connectivity index (χ2v) is 7.23. The molecule has 0 N–H and O–H groups in total. The lowest BCUT2D eigenvalue weighted by Gasteiger charge is -2.36. The molecule has 1 fully saturated rings. The average Bonchev–Trinajstić information content (AvgIpc) is 2.68. The summed E-state index contributed by atoms with van der Waals surface area (Å²) >= 11 is 0.946. The van der Waals surface area contributed by atoms with Crippen LogP contribution in [0.5, 0.6) is 0 Å². The maximum absolute atomic E-state index is 13.1. The Labute approximate surface area is 172 Å². The first-order valence-electron chi connectivity index (χ1n) is 8.59. The summed E-state index contributed by atoms with van der Waals surface area (Å²) < 4.78 is 77.1. The van der Waals surface area contributed by atoms with E-state index in [1.54, 1.807) is 30.3 Å². The monoisotopic (exact) mass is 447 g/mol. The molecule has 0 aromatic heterocycles. The molecule has 0 unspecified atom stereocenters. The van der Waals surface area contributed by atoms with Gasteiger partial charge in [-0.15, -0.1) is 0 Å². The van der Waals surface area contributed by atoms with Crippen molar-refractivity contribution in [3.63, 3.8) is 0 Å². The number of aliphatic imine (C=N–C) groups is 1. The number of carbonyl (C=O) groups excluding carboxylic acids is 1. The van der Waals surface area contributed by atoms with Crippen LogP contribution in [0.15, 0.2) is 59.6 Å². The lowest BCUT2D eigenvalue weighted by atomic mass is 10.1. The molecule has 4 nitrogen and oxygen atoms in total. The second kappa shape index (κ2) is 8.58. The largest absolute Gasteiger partial charge is 0.416 e. The molecule has 0 bridgehead atoms. The number of anilines is 1. The molecule has 2 aromatic rings. The molecule has 1 saturated heterocycles. The van der Waals surface area contributed by atoms with Crippen molar-refractivity contribution in [2.45, 2.75) is 18.9 Å². The van der Waals surface area contributed by atoms with E-state index in [2.05, 4.69) is 4.99 Å². The third-order valence-corrected chi connectivity index (χ3v) is 5.09. The molecule has 30 heavy (non-hydrogen) atoms. The lowest BCUT2D eigenvalue weighted by Crippen LogP contribution is -2.53. The number of carbonyl (C=O) groups is 1. The Bertz CT molecular complexity index is 913. The van der Waals surface area contributed by atoms with E-state index in [-0.39, 0.29) is 17.6 Å². The van der Waals surface area contributed by atoms with Crippen molar-refractivity contribution in [1.82, 2.24) is 4.90 Å². The van der Waals surface area contributed by atoms with Crippen LogP contribution in [-0.4, -0.2) is 34.7 Å². The van der Waals surface area contributed by atoms with Gasteiger partial charge < -0.3 is 0 Å². The minimum absolute atomic E-state index is 0.0586. The first-order chi connectivity index (χ1) is 14.0. The maximum atomic E-state index is 13.1. The molecule has 0 saturated carbocycles. The molecule has 1 aliphatic rings. The fourth-order valence-electron chi connectivity index (χ4n) is 2.68. The van der Waals surface area contributed by atoms with E-state index in [1.165, 1.54) is 17.0 Å². The Morgan fingerprint density at radius 2 is 1.57 bits per heavy atom. The van der Waals surface area contributed by atoms with E-state index >= 15 is 0 Å². The van der Waals surface area contributed by atoms with Crippen LogP contribution in [0.2, 0.25) is 0 Å². The molecule has 0 radical (unpaired) electrons. The molecule has 1 aliphatic heterocycles. The quantitative estimate of drug-likeness (QED) is 0.559. The van der Waals surface area contributed by atoms with Gasteiger partial charge in [-0.05, 0) is 29.8 Å². The molecule has 160 valence electrons. The van der Waals surface area contributed by atoms with Crippen LogP contribution in [0.1, 0.15) is 11.1 Å². The number of halogens is 6. The minimum atomic E-state index is -4.65. The van der Waals surface area contributed by atoms with Gasteiger partial charge in [-0.1, -0.05) is 42.1 Å². The van der Waals surface area contributed by atoms with Crippen LogP contribution in [0, 0.1) is 0 Å². The number of nitrogens with zero attached hydrogens (tertiary/aromatic N) is 3. The Morgan fingerprint density at radius 3 is 2.13 bits per heavy atom. The van der Waals surface area contributed by atoms with Crippen molar-refractivity contribution < 1.29 is 31.1 Å². The zero-order chi connectivity index (χ0) is 21.9. The van der Waals surface area contributed by atoms with Crippen molar-refractivity contribution in [2.24, 2.45) is 4.99 Å². The average molecular weight is 447 g/mol. The van der Waals surface area contributed by atoms with Gasteiger partial charge in [0.2, 0.25) is 0 Å². The van der Waals surface area contributed by atoms with E-state index in [0.717, 1.165) is 23.9 Å². The Morgan fingerprint density at radius 1 is 0.933 bits per heavy atom. The van der Waals surface area contributed by atoms with Gasteiger partial charge in [-0.2, -0.15) is 26.3 Å². The first kappa shape index (κ1) is 22.0.